The minimum atomic E-state index is -0.416. The van der Waals surface area contributed by atoms with Gasteiger partial charge in [-0.1, -0.05) is 31.2 Å². The van der Waals surface area contributed by atoms with Crippen LogP contribution in [0.1, 0.15) is 37.5 Å². The Morgan fingerprint density at radius 1 is 1.42 bits per heavy atom. The summed E-state index contributed by atoms with van der Waals surface area (Å²) in [5.41, 5.74) is 2.20. The van der Waals surface area contributed by atoms with Gasteiger partial charge in [-0.15, -0.1) is 0 Å². The van der Waals surface area contributed by atoms with Crippen LogP contribution in [-0.4, -0.2) is 41.8 Å². The first kappa shape index (κ1) is 14.5. The SMILES string of the molecule is CCC1COC(C)CN1CC(O)c1ccccc1C. The third-order valence-electron chi connectivity index (χ3n) is 4.01. The minimum Gasteiger partial charge on any atom is -0.387 e. The molecule has 0 amide bonds. The number of nitrogens with zero attached hydrogens (tertiary/aromatic N) is 1. The molecule has 1 aromatic carbocycles. The molecule has 1 heterocycles. The Morgan fingerprint density at radius 2 is 2.16 bits per heavy atom. The Bertz CT molecular complexity index is 407. The van der Waals surface area contributed by atoms with Crippen LogP contribution in [0.25, 0.3) is 0 Å². The van der Waals surface area contributed by atoms with E-state index in [2.05, 4.69) is 31.7 Å². The lowest BCUT2D eigenvalue weighted by Gasteiger charge is -2.39. The monoisotopic (exact) mass is 263 g/mol. The van der Waals surface area contributed by atoms with Crippen LogP contribution in [0.4, 0.5) is 0 Å². The van der Waals surface area contributed by atoms with Crippen LogP contribution in [0.5, 0.6) is 0 Å². The first-order valence-corrected chi connectivity index (χ1v) is 7.21. The molecule has 1 N–H and O–H groups in total. The fourth-order valence-electron chi connectivity index (χ4n) is 2.79. The van der Waals surface area contributed by atoms with E-state index >= 15 is 0 Å². The van der Waals surface area contributed by atoms with Crippen LogP contribution < -0.4 is 0 Å². The number of hydrogen-bond donors (Lipinski definition) is 1. The van der Waals surface area contributed by atoms with E-state index in [1.165, 1.54) is 0 Å². The summed E-state index contributed by atoms with van der Waals surface area (Å²) in [6, 6.07) is 8.50. The van der Waals surface area contributed by atoms with Gasteiger partial charge in [0.2, 0.25) is 0 Å². The number of hydrogen-bond acceptors (Lipinski definition) is 3. The second-order valence-corrected chi connectivity index (χ2v) is 5.53. The molecule has 2 rings (SSSR count). The van der Waals surface area contributed by atoms with E-state index in [0.717, 1.165) is 30.7 Å². The van der Waals surface area contributed by atoms with E-state index in [4.69, 9.17) is 4.74 Å². The van der Waals surface area contributed by atoms with Crippen LogP contribution in [0.2, 0.25) is 0 Å². The summed E-state index contributed by atoms with van der Waals surface area (Å²) in [5.74, 6) is 0. The number of ether oxygens (including phenoxy) is 1. The summed E-state index contributed by atoms with van der Waals surface area (Å²) in [7, 11) is 0. The predicted octanol–water partition coefficient (Wildman–Crippen LogP) is 2.53. The van der Waals surface area contributed by atoms with Crippen molar-refractivity contribution >= 4 is 0 Å². The first-order chi connectivity index (χ1) is 9.11. The Hall–Kier alpha value is -0.900. The zero-order valence-electron chi connectivity index (χ0n) is 12.2. The molecule has 0 saturated carbocycles. The third-order valence-corrected chi connectivity index (χ3v) is 4.01. The van der Waals surface area contributed by atoms with Crippen molar-refractivity contribution in [1.82, 2.24) is 4.90 Å². The molecule has 3 atom stereocenters. The molecular weight excluding hydrogens is 238 g/mol. The standard InChI is InChI=1S/C16H25NO2/c1-4-14-11-19-13(3)9-17(14)10-16(18)15-8-6-5-7-12(15)2/h5-8,13-14,16,18H,4,9-11H2,1-3H3. The van der Waals surface area contributed by atoms with Gasteiger partial charge in [0.1, 0.15) is 0 Å². The van der Waals surface area contributed by atoms with E-state index in [1.807, 2.05) is 18.2 Å². The first-order valence-electron chi connectivity index (χ1n) is 7.21. The van der Waals surface area contributed by atoms with Crippen molar-refractivity contribution in [1.29, 1.82) is 0 Å². The molecule has 1 aromatic rings. The Morgan fingerprint density at radius 3 is 2.84 bits per heavy atom. The quantitative estimate of drug-likeness (QED) is 0.906. The van der Waals surface area contributed by atoms with E-state index < -0.39 is 6.10 Å². The lowest BCUT2D eigenvalue weighted by Crippen LogP contribution is -2.49. The van der Waals surface area contributed by atoms with Crippen molar-refractivity contribution in [3.8, 4) is 0 Å². The molecule has 1 aliphatic rings. The highest BCUT2D eigenvalue weighted by atomic mass is 16.5. The maximum atomic E-state index is 10.5. The largest absolute Gasteiger partial charge is 0.387 e. The van der Waals surface area contributed by atoms with Crippen LogP contribution in [0.15, 0.2) is 24.3 Å². The zero-order chi connectivity index (χ0) is 13.8. The van der Waals surface area contributed by atoms with Gasteiger partial charge in [0, 0.05) is 19.1 Å². The second-order valence-electron chi connectivity index (χ2n) is 5.53. The highest BCUT2D eigenvalue weighted by molar-refractivity contribution is 5.27. The maximum absolute atomic E-state index is 10.5. The van der Waals surface area contributed by atoms with Crippen LogP contribution in [0.3, 0.4) is 0 Å². The molecule has 19 heavy (non-hydrogen) atoms. The van der Waals surface area contributed by atoms with Gasteiger partial charge in [0.05, 0.1) is 18.8 Å². The summed E-state index contributed by atoms with van der Waals surface area (Å²) >= 11 is 0. The Kier molecular flexibility index (Phi) is 4.97. The molecule has 1 saturated heterocycles. The van der Waals surface area contributed by atoms with E-state index in [1.54, 1.807) is 0 Å². The Balaban J connectivity index is 2.04. The Labute approximate surface area is 116 Å². The van der Waals surface area contributed by atoms with E-state index in [0.29, 0.717) is 12.6 Å². The smallest absolute Gasteiger partial charge is 0.0919 e. The van der Waals surface area contributed by atoms with Gasteiger partial charge < -0.3 is 9.84 Å². The number of aryl methyl sites for hydroxylation is 1. The van der Waals surface area contributed by atoms with Gasteiger partial charge in [-0.05, 0) is 31.4 Å². The van der Waals surface area contributed by atoms with Gasteiger partial charge in [-0.3, -0.25) is 4.90 Å². The number of aliphatic hydroxyl groups excluding tert-OH is 1. The fraction of sp³-hybridized carbons (Fsp3) is 0.625. The number of benzene rings is 1. The van der Waals surface area contributed by atoms with Crippen LogP contribution >= 0.6 is 0 Å². The molecule has 1 fully saturated rings. The lowest BCUT2D eigenvalue weighted by molar-refractivity contribution is -0.0681. The molecular formula is C16H25NO2. The summed E-state index contributed by atoms with van der Waals surface area (Å²) in [6.07, 6.45) is 0.903. The number of aliphatic hydroxyl groups is 1. The minimum absolute atomic E-state index is 0.256. The molecule has 3 nitrogen and oxygen atoms in total. The van der Waals surface area contributed by atoms with Crippen molar-refractivity contribution in [3.63, 3.8) is 0 Å². The highest BCUT2D eigenvalue weighted by Crippen LogP contribution is 2.22. The van der Waals surface area contributed by atoms with Gasteiger partial charge in [0.15, 0.2) is 0 Å². The van der Waals surface area contributed by atoms with Crippen molar-refractivity contribution in [2.75, 3.05) is 19.7 Å². The average molecular weight is 263 g/mol. The van der Waals surface area contributed by atoms with Crippen LogP contribution in [-0.2, 0) is 4.74 Å². The number of β-amino-alcohol motifs (C(OH)–C–C–N with tert-alkyl or cyclic N) is 1. The zero-order valence-corrected chi connectivity index (χ0v) is 12.2. The lowest BCUT2D eigenvalue weighted by atomic mass is 10.0. The topological polar surface area (TPSA) is 32.7 Å². The summed E-state index contributed by atoms with van der Waals surface area (Å²) in [5, 5.41) is 10.5. The molecule has 1 aliphatic heterocycles. The molecule has 3 heteroatoms. The summed E-state index contributed by atoms with van der Waals surface area (Å²) in [6.45, 7) is 8.70. The van der Waals surface area contributed by atoms with Crippen molar-refractivity contribution in [3.05, 3.63) is 35.4 Å². The van der Waals surface area contributed by atoms with Gasteiger partial charge in [-0.2, -0.15) is 0 Å². The normalized spacial score (nSPS) is 26.3. The highest BCUT2D eigenvalue weighted by Gasteiger charge is 2.27. The molecule has 0 aliphatic carbocycles. The molecule has 0 radical (unpaired) electrons. The molecule has 3 unspecified atom stereocenters. The summed E-state index contributed by atoms with van der Waals surface area (Å²) < 4.78 is 5.70. The van der Waals surface area contributed by atoms with Crippen molar-refractivity contribution in [2.24, 2.45) is 0 Å². The van der Waals surface area contributed by atoms with Crippen molar-refractivity contribution in [2.45, 2.75) is 45.4 Å². The molecule has 106 valence electrons. The fourth-order valence-corrected chi connectivity index (χ4v) is 2.79. The number of rotatable bonds is 4. The molecule has 0 aromatic heterocycles. The van der Waals surface area contributed by atoms with Gasteiger partial charge in [-0.25, -0.2) is 0 Å². The predicted molar refractivity (Wildman–Crippen MR) is 77.2 cm³/mol. The number of morpholine rings is 1. The van der Waals surface area contributed by atoms with Crippen molar-refractivity contribution < 1.29 is 9.84 Å². The van der Waals surface area contributed by atoms with Gasteiger partial charge >= 0.3 is 0 Å². The van der Waals surface area contributed by atoms with E-state index in [9.17, 15) is 5.11 Å². The van der Waals surface area contributed by atoms with Crippen LogP contribution in [0, 0.1) is 6.92 Å². The molecule has 0 bridgehead atoms. The van der Waals surface area contributed by atoms with Gasteiger partial charge in [0.25, 0.3) is 0 Å². The second kappa shape index (κ2) is 6.51. The van der Waals surface area contributed by atoms with E-state index in [-0.39, 0.29) is 6.10 Å². The summed E-state index contributed by atoms with van der Waals surface area (Å²) in [4.78, 5) is 2.37. The average Bonchev–Trinajstić information content (AvgIpc) is 2.39. The maximum Gasteiger partial charge on any atom is 0.0919 e. The molecule has 0 spiro atoms. The third kappa shape index (κ3) is 3.56.